The number of hydrogen-bond donors (Lipinski definition) is 1. The second kappa shape index (κ2) is 5.61. The Balaban J connectivity index is 2.27. The van der Waals surface area contributed by atoms with Gasteiger partial charge in [0.25, 0.3) is 0 Å². The van der Waals surface area contributed by atoms with Crippen molar-refractivity contribution in [2.24, 2.45) is 5.92 Å². The van der Waals surface area contributed by atoms with Crippen LogP contribution in [0.3, 0.4) is 0 Å². The molecule has 13 heavy (non-hydrogen) atoms. The molecule has 0 aromatic carbocycles. The Morgan fingerprint density at radius 2 is 2.15 bits per heavy atom. The van der Waals surface area contributed by atoms with Crippen molar-refractivity contribution in [3.63, 3.8) is 0 Å². The number of hydrogen-bond acceptors (Lipinski definition) is 2. The zero-order chi connectivity index (χ0) is 9.68. The van der Waals surface area contributed by atoms with E-state index in [2.05, 4.69) is 19.2 Å². The number of nitrogens with one attached hydrogen (secondary N) is 1. The molecule has 0 bridgehead atoms. The predicted octanol–water partition coefficient (Wildman–Crippen LogP) is 2.19. The van der Waals surface area contributed by atoms with E-state index in [1.165, 1.54) is 32.2 Å². The van der Waals surface area contributed by atoms with E-state index >= 15 is 0 Å². The second-order valence-corrected chi connectivity index (χ2v) is 4.40. The molecule has 1 aliphatic heterocycles. The van der Waals surface area contributed by atoms with Gasteiger partial charge < -0.3 is 10.1 Å². The molecule has 78 valence electrons. The van der Waals surface area contributed by atoms with Gasteiger partial charge in [0.1, 0.15) is 0 Å². The molecular formula is C11H23NO. The van der Waals surface area contributed by atoms with Gasteiger partial charge >= 0.3 is 0 Å². The zero-order valence-electron chi connectivity index (χ0n) is 9.18. The number of methoxy groups -OCH3 is 1. The van der Waals surface area contributed by atoms with Gasteiger partial charge in [0.15, 0.2) is 0 Å². The molecule has 0 spiro atoms. The molecule has 1 N–H and O–H groups in total. The first-order valence-electron chi connectivity index (χ1n) is 5.50. The number of piperidine rings is 1. The number of rotatable bonds is 4. The van der Waals surface area contributed by atoms with Crippen LogP contribution < -0.4 is 5.32 Å². The van der Waals surface area contributed by atoms with Crippen molar-refractivity contribution in [3.05, 3.63) is 0 Å². The summed E-state index contributed by atoms with van der Waals surface area (Å²) in [5.41, 5.74) is 0. The van der Waals surface area contributed by atoms with E-state index in [0.717, 1.165) is 0 Å². The normalized spacial score (nSPS) is 26.3. The highest BCUT2D eigenvalue weighted by atomic mass is 16.5. The summed E-state index contributed by atoms with van der Waals surface area (Å²) < 4.78 is 5.47. The van der Waals surface area contributed by atoms with Gasteiger partial charge in [0.2, 0.25) is 0 Å². The van der Waals surface area contributed by atoms with E-state index in [9.17, 15) is 0 Å². The first-order valence-corrected chi connectivity index (χ1v) is 5.50. The standard InChI is InChI=1S/C11H23NO/c1-9(2)11(13-3)8-10-6-4-5-7-12-10/h9-12H,4-8H2,1-3H3/t10-,11+/m1/s1. The predicted molar refractivity (Wildman–Crippen MR) is 55.9 cm³/mol. The number of ether oxygens (including phenoxy) is 1. The maximum absolute atomic E-state index is 5.47. The van der Waals surface area contributed by atoms with Crippen LogP contribution in [0, 0.1) is 5.92 Å². The topological polar surface area (TPSA) is 21.3 Å². The molecule has 1 fully saturated rings. The van der Waals surface area contributed by atoms with Crippen molar-refractivity contribution in [3.8, 4) is 0 Å². The molecule has 2 nitrogen and oxygen atoms in total. The van der Waals surface area contributed by atoms with Gasteiger partial charge in [0.05, 0.1) is 6.10 Å². The maximum atomic E-state index is 5.47. The van der Waals surface area contributed by atoms with Crippen LogP contribution >= 0.6 is 0 Å². The molecule has 0 unspecified atom stereocenters. The minimum Gasteiger partial charge on any atom is -0.381 e. The lowest BCUT2D eigenvalue weighted by atomic mass is 9.94. The summed E-state index contributed by atoms with van der Waals surface area (Å²) in [4.78, 5) is 0. The smallest absolute Gasteiger partial charge is 0.0609 e. The Bertz CT molecular complexity index is 130. The molecular weight excluding hydrogens is 162 g/mol. The summed E-state index contributed by atoms with van der Waals surface area (Å²) in [6.45, 7) is 5.66. The molecule has 1 aliphatic rings. The second-order valence-electron chi connectivity index (χ2n) is 4.40. The van der Waals surface area contributed by atoms with Crippen LogP contribution in [0.1, 0.15) is 39.5 Å². The molecule has 0 amide bonds. The Morgan fingerprint density at radius 3 is 2.62 bits per heavy atom. The van der Waals surface area contributed by atoms with E-state index in [-0.39, 0.29) is 0 Å². The third-order valence-corrected chi connectivity index (χ3v) is 2.98. The molecule has 0 aromatic rings. The van der Waals surface area contributed by atoms with Gasteiger partial charge in [-0.2, -0.15) is 0 Å². The molecule has 1 heterocycles. The van der Waals surface area contributed by atoms with Crippen LogP contribution in [0.5, 0.6) is 0 Å². The highest BCUT2D eigenvalue weighted by Gasteiger charge is 2.20. The Hall–Kier alpha value is -0.0800. The minimum absolute atomic E-state index is 0.426. The summed E-state index contributed by atoms with van der Waals surface area (Å²) in [5.74, 6) is 0.633. The van der Waals surface area contributed by atoms with E-state index in [1.807, 2.05) is 7.11 Å². The molecule has 1 saturated heterocycles. The van der Waals surface area contributed by atoms with Crippen molar-refractivity contribution < 1.29 is 4.74 Å². The van der Waals surface area contributed by atoms with Crippen molar-refractivity contribution in [2.75, 3.05) is 13.7 Å². The van der Waals surface area contributed by atoms with E-state index in [4.69, 9.17) is 4.74 Å². The van der Waals surface area contributed by atoms with Crippen molar-refractivity contribution in [1.82, 2.24) is 5.32 Å². The fraction of sp³-hybridized carbons (Fsp3) is 1.00. The van der Waals surface area contributed by atoms with Crippen molar-refractivity contribution in [1.29, 1.82) is 0 Å². The third kappa shape index (κ3) is 3.65. The summed E-state index contributed by atoms with van der Waals surface area (Å²) in [7, 11) is 1.83. The molecule has 0 radical (unpaired) electrons. The molecule has 1 rings (SSSR count). The third-order valence-electron chi connectivity index (χ3n) is 2.98. The average Bonchev–Trinajstić information content (AvgIpc) is 2.15. The van der Waals surface area contributed by atoms with Crippen LogP contribution in [-0.4, -0.2) is 25.8 Å². The highest BCUT2D eigenvalue weighted by molar-refractivity contribution is 4.77. The monoisotopic (exact) mass is 185 g/mol. The van der Waals surface area contributed by atoms with Crippen LogP contribution in [-0.2, 0) is 4.74 Å². The summed E-state index contributed by atoms with van der Waals surface area (Å²) in [5, 5.41) is 3.56. The van der Waals surface area contributed by atoms with Gasteiger partial charge in [0, 0.05) is 13.2 Å². The van der Waals surface area contributed by atoms with Gasteiger partial charge in [-0.15, -0.1) is 0 Å². The lowest BCUT2D eigenvalue weighted by Gasteiger charge is -2.28. The van der Waals surface area contributed by atoms with Crippen LogP contribution in [0.4, 0.5) is 0 Å². The fourth-order valence-electron chi connectivity index (χ4n) is 2.05. The lowest BCUT2D eigenvalue weighted by molar-refractivity contribution is 0.0469. The van der Waals surface area contributed by atoms with E-state index < -0.39 is 0 Å². The van der Waals surface area contributed by atoms with Gasteiger partial charge in [-0.05, 0) is 31.7 Å². The summed E-state index contributed by atoms with van der Waals surface area (Å²) >= 11 is 0. The zero-order valence-corrected chi connectivity index (χ0v) is 9.18. The summed E-state index contributed by atoms with van der Waals surface area (Å²) in [6, 6.07) is 0.695. The molecule has 0 aromatic heterocycles. The fourth-order valence-corrected chi connectivity index (χ4v) is 2.05. The van der Waals surface area contributed by atoms with E-state index in [0.29, 0.717) is 18.1 Å². The van der Waals surface area contributed by atoms with Crippen LogP contribution in [0.2, 0.25) is 0 Å². The Kier molecular flexibility index (Phi) is 4.74. The van der Waals surface area contributed by atoms with Crippen LogP contribution in [0.25, 0.3) is 0 Å². The van der Waals surface area contributed by atoms with Crippen molar-refractivity contribution >= 4 is 0 Å². The molecule has 2 atom stereocenters. The first kappa shape index (κ1) is 11.0. The summed E-state index contributed by atoms with van der Waals surface area (Å²) in [6.07, 6.45) is 5.65. The largest absolute Gasteiger partial charge is 0.381 e. The van der Waals surface area contributed by atoms with Gasteiger partial charge in [-0.25, -0.2) is 0 Å². The van der Waals surface area contributed by atoms with Gasteiger partial charge in [-0.1, -0.05) is 20.3 Å². The van der Waals surface area contributed by atoms with Gasteiger partial charge in [-0.3, -0.25) is 0 Å². The average molecular weight is 185 g/mol. The molecule has 2 heteroatoms. The molecule has 0 saturated carbocycles. The minimum atomic E-state index is 0.426. The maximum Gasteiger partial charge on any atom is 0.0609 e. The highest BCUT2D eigenvalue weighted by Crippen LogP contribution is 2.17. The van der Waals surface area contributed by atoms with Crippen LogP contribution in [0.15, 0.2) is 0 Å². The van der Waals surface area contributed by atoms with E-state index in [1.54, 1.807) is 0 Å². The lowest BCUT2D eigenvalue weighted by Crippen LogP contribution is -2.38. The molecule has 0 aliphatic carbocycles. The Morgan fingerprint density at radius 1 is 1.38 bits per heavy atom. The SMILES string of the molecule is CO[C@@H](C[C@H]1CCCCN1)C(C)C. The quantitative estimate of drug-likeness (QED) is 0.725. The first-order chi connectivity index (χ1) is 6.24. The van der Waals surface area contributed by atoms with Crippen molar-refractivity contribution in [2.45, 2.75) is 51.7 Å². The Labute approximate surface area is 82.0 Å².